The van der Waals surface area contributed by atoms with Crippen molar-refractivity contribution in [2.75, 3.05) is 5.49 Å². The predicted molar refractivity (Wildman–Crippen MR) is 35.2 cm³/mol. The quantitative estimate of drug-likeness (QED) is 0.587. The van der Waals surface area contributed by atoms with Crippen LogP contribution in [0.25, 0.3) is 0 Å². The number of carbonyl (C=O) groups is 1. The third-order valence-electron chi connectivity index (χ3n) is 0.436. The fourth-order valence-corrected chi connectivity index (χ4v) is 1.57. The van der Waals surface area contributed by atoms with Gasteiger partial charge in [0, 0.05) is 6.92 Å². The van der Waals surface area contributed by atoms with Gasteiger partial charge in [0.15, 0.2) is 5.12 Å². The highest BCUT2D eigenvalue weighted by molar-refractivity contribution is 8.17. The Kier molecular flexibility index (Phi) is 3.43. The Hall–Kier alpha value is 0.170. The summed E-state index contributed by atoms with van der Waals surface area (Å²) in [5.74, 6) is 0. The minimum Gasteiger partial charge on any atom is -0.324 e. The Labute approximate surface area is 56.8 Å². The topological polar surface area (TPSA) is 74.6 Å². The zero-order valence-electron chi connectivity index (χ0n) is 4.77. The van der Waals surface area contributed by atoms with Gasteiger partial charge in [0.1, 0.15) is 5.49 Å². The van der Waals surface area contributed by atoms with Crippen molar-refractivity contribution >= 4 is 24.5 Å². The van der Waals surface area contributed by atoms with E-state index in [0.29, 0.717) is 11.8 Å². The molecule has 6 heteroatoms. The van der Waals surface area contributed by atoms with Gasteiger partial charge in [0.25, 0.3) is 0 Å². The van der Waals surface area contributed by atoms with Crippen molar-refractivity contribution < 1.29 is 19.1 Å². The smallest absolute Gasteiger partial charge is 0.324 e. The van der Waals surface area contributed by atoms with Gasteiger partial charge >= 0.3 is 7.60 Å². The first kappa shape index (κ1) is 9.17. The average Bonchev–Trinajstić information content (AvgIpc) is 1.59. The Morgan fingerprint density at radius 2 is 2.11 bits per heavy atom. The van der Waals surface area contributed by atoms with E-state index >= 15 is 0 Å². The molecule has 0 saturated heterocycles. The minimum absolute atomic E-state index is 0.279. The fourth-order valence-electron chi connectivity index (χ4n) is 0.175. The van der Waals surface area contributed by atoms with Crippen molar-refractivity contribution in [2.24, 2.45) is 0 Å². The summed E-state index contributed by atoms with van der Waals surface area (Å²) in [6.45, 7) is 1.26. The Morgan fingerprint density at radius 3 is 2.22 bits per heavy atom. The van der Waals surface area contributed by atoms with Gasteiger partial charge in [-0.15, -0.1) is 0 Å². The highest BCUT2D eigenvalue weighted by Gasteiger charge is 2.13. The largest absolute Gasteiger partial charge is 0.335 e. The van der Waals surface area contributed by atoms with Gasteiger partial charge in [0.2, 0.25) is 0 Å². The molecule has 2 N–H and O–H groups in total. The molecule has 0 aromatic carbocycles. The molecule has 0 heterocycles. The van der Waals surface area contributed by atoms with Crippen LogP contribution in [-0.2, 0) is 9.36 Å². The van der Waals surface area contributed by atoms with E-state index in [1.54, 1.807) is 0 Å². The van der Waals surface area contributed by atoms with Gasteiger partial charge in [0.05, 0.1) is 0 Å². The van der Waals surface area contributed by atoms with E-state index in [-0.39, 0.29) is 5.12 Å². The predicted octanol–water partition coefficient (Wildman–Crippen LogP) is 0.401. The second-order valence-corrected chi connectivity index (χ2v) is 4.66. The standard InChI is InChI=1S/C3H7O4PS/c1-3(4)9-2-8(5,6)7/h2H2,1H3,(H2,5,6,7). The molecule has 0 aliphatic carbocycles. The number of rotatable bonds is 2. The molecule has 0 atom stereocenters. The molecule has 0 fully saturated rings. The molecule has 9 heavy (non-hydrogen) atoms. The van der Waals surface area contributed by atoms with E-state index < -0.39 is 13.1 Å². The van der Waals surface area contributed by atoms with Crippen molar-refractivity contribution in [3.05, 3.63) is 0 Å². The SMILES string of the molecule is CC(=O)SCP(=O)(O)O. The number of hydrogen-bond acceptors (Lipinski definition) is 3. The maximum absolute atomic E-state index is 10.1. The molecule has 0 spiro atoms. The lowest BCUT2D eigenvalue weighted by atomic mass is 10.9. The van der Waals surface area contributed by atoms with Crippen LogP contribution in [0.1, 0.15) is 6.92 Å². The van der Waals surface area contributed by atoms with Crippen LogP contribution < -0.4 is 0 Å². The molecule has 0 aromatic heterocycles. The maximum Gasteiger partial charge on any atom is 0.335 e. The molecule has 0 aromatic rings. The molecule has 0 aliphatic rings. The van der Waals surface area contributed by atoms with Crippen molar-refractivity contribution in [2.45, 2.75) is 6.92 Å². The molecule has 0 unspecified atom stereocenters. The van der Waals surface area contributed by atoms with Crippen molar-refractivity contribution in [3.8, 4) is 0 Å². The summed E-state index contributed by atoms with van der Waals surface area (Å²) in [7, 11) is -3.98. The van der Waals surface area contributed by atoms with Crippen molar-refractivity contribution in [3.63, 3.8) is 0 Å². The molecule has 0 rings (SSSR count). The summed E-state index contributed by atoms with van der Waals surface area (Å²) in [6, 6.07) is 0. The van der Waals surface area contributed by atoms with Gasteiger partial charge in [-0.25, -0.2) is 0 Å². The zero-order chi connectivity index (χ0) is 7.49. The molecule has 4 nitrogen and oxygen atoms in total. The summed E-state index contributed by atoms with van der Waals surface area (Å²) in [5.41, 5.74) is -0.414. The molecule has 0 radical (unpaired) electrons. The Bertz CT molecular complexity index is 150. The average molecular weight is 170 g/mol. The van der Waals surface area contributed by atoms with Gasteiger partial charge in [-0.3, -0.25) is 9.36 Å². The third kappa shape index (κ3) is 8.17. The fraction of sp³-hybridized carbons (Fsp3) is 0.667. The van der Waals surface area contributed by atoms with Crippen LogP contribution in [0.4, 0.5) is 0 Å². The normalized spacial score (nSPS) is 11.4. The summed E-state index contributed by atoms with van der Waals surface area (Å²) >= 11 is 0.636. The van der Waals surface area contributed by atoms with Crippen LogP contribution in [0, 0.1) is 0 Å². The summed E-state index contributed by atoms with van der Waals surface area (Å²) < 4.78 is 10.1. The van der Waals surface area contributed by atoms with E-state index in [1.807, 2.05) is 0 Å². The Morgan fingerprint density at radius 1 is 1.67 bits per heavy atom. The van der Waals surface area contributed by atoms with E-state index in [2.05, 4.69) is 0 Å². The van der Waals surface area contributed by atoms with Gasteiger partial charge in [-0.1, -0.05) is 11.8 Å². The first-order valence-corrected chi connectivity index (χ1v) is 4.88. The number of hydrogen-bond donors (Lipinski definition) is 2. The highest BCUT2D eigenvalue weighted by atomic mass is 32.2. The maximum atomic E-state index is 10.1. The number of thioether (sulfide) groups is 1. The van der Waals surface area contributed by atoms with Gasteiger partial charge in [-0.2, -0.15) is 0 Å². The second-order valence-electron chi connectivity index (χ2n) is 1.43. The lowest BCUT2D eigenvalue weighted by Gasteiger charge is -1.98. The molecule has 54 valence electrons. The summed E-state index contributed by atoms with van der Waals surface area (Å²) in [6.07, 6.45) is 0. The second kappa shape index (κ2) is 3.37. The van der Waals surface area contributed by atoms with Crippen LogP contribution in [0.5, 0.6) is 0 Å². The zero-order valence-corrected chi connectivity index (χ0v) is 6.48. The van der Waals surface area contributed by atoms with E-state index in [0.717, 1.165) is 0 Å². The lowest BCUT2D eigenvalue weighted by Crippen LogP contribution is -1.86. The van der Waals surface area contributed by atoms with Crippen LogP contribution >= 0.6 is 19.4 Å². The van der Waals surface area contributed by atoms with Crippen molar-refractivity contribution in [1.82, 2.24) is 0 Å². The van der Waals surface area contributed by atoms with Crippen molar-refractivity contribution in [1.29, 1.82) is 0 Å². The first-order chi connectivity index (χ1) is 3.92. The Balaban J connectivity index is 3.53. The summed E-state index contributed by atoms with van der Waals surface area (Å²) in [4.78, 5) is 26.5. The van der Waals surface area contributed by atoms with Crippen LogP contribution in [0.2, 0.25) is 0 Å². The monoisotopic (exact) mass is 170 g/mol. The molecular weight excluding hydrogens is 163 g/mol. The van der Waals surface area contributed by atoms with Crippen LogP contribution in [0.3, 0.4) is 0 Å². The van der Waals surface area contributed by atoms with E-state index in [1.165, 1.54) is 6.92 Å². The van der Waals surface area contributed by atoms with Gasteiger partial charge in [-0.05, 0) is 0 Å². The highest BCUT2D eigenvalue weighted by Crippen LogP contribution is 2.38. The molecular formula is C3H7O4PS. The first-order valence-electron chi connectivity index (χ1n) is 2.10. The number of carbonyl (C=O) groups excluding carboxylic acids is 1. The van der Waals surface area contributed by atoms with Crippen LogP contribution in [-0.4, -0.2) is 20.4 Å². The molecule has 0 bridgehead atoms. The lowest BCUT2D eigenvalue weighted by molar-refractivity contribution is -0.109. The minimum atomic E-state index is -3.98. The summed E-state index contributed by atoms with van der Waals surface area (Å²) in [5, 5.41) is -0.279. The van der Waals surface area contributed by atoms with E-state index in [4.69, 9.17) is 9.79 Å². The van der Waals surface area contributed by atoms with Gasteiger partial charge < -0.3 is 9.79 Å². The van der Waals surface area contributed by atoms with E-state index in [9.17, 15) is 9.36 Å². The molecule has 0 saturated carbocycles. The van der Waals surface area contributed by atoms with Crippen LogP contribution in [0.15, 0.2) is 0 Å². The molecule has 0 aliphatic heterocycles. The molecule has 0 amide bonds. The third-order valence-corrected chi connectivity index (χ3v) is 2.70.